The summed E-state index contributed by atoms with van der Waals surface area (Å²) in [5, 5.41) is 2.29. The SMILES string of the molecule is COc1ccc(-c2csc(C=O)n2)cc1N. The van der Waals surface area contributed by atoms with E-state index in [1.54, 1.807) is 19.2 Å². The predicted octanol–water partition coefficient (Wildman–Crippen LogP) is 2.21. The molecule has 1 aromatic heterocycles. The van der Waals surface area contributed by atoms with E-state index >= 15 is 0 Å². The van der Waals surface area contributed by atoms with E-state index in [1.165, 1.54) is 11.3 Å². The standard InChI is InChI=1S/C11H10N2O2S/c1-15-10-3-2-7(4-8(10)12)9-6-16-11(5-14)13-9/h2-6H,12H2,1H3. The van der Waals surface area contributed by atoms with Gasteiger partial charge in [-0.15, -0.1) is 11.3 Å². The molecule has 0 saturated heterocycles. The van der Waals surface area contributed by atoms with Crippen molar-refractivity contribution in [3.8, 4) is 17.0 Å². The summed E-state index contributed by atoms with van der Waals surface area (Å²) < 4.78 is 5.06. The van der Waals surface area contributed by atoms with E-state index < -0.39 is 0 Å². The Morgan fingerprint density at radius 3 is 2.88 bits per heavy atom. The maximum Gasteiger partial charge on any atom is 0.178 e. The summed E-state index contributed by atoms with van der Waals surface area (Å²) in [5.41, 5.74) is 7.97. The van der Waals surface area contributed by atoms with E-state index in [-0.39, 0.29) is 0 Å². The summed E-state index contributed by atoms with van der Waals surface area (Å²) in [5.74, 6) is 0.634. The summed E-state index contributed by atoms with van der Waals surface area (Å²) in [6.45, 7) is 0. The number of hydrogen-bond donors (Lipinski definition) is 1. The van der Waals surface area contributed by atoms with E-state index in [0.717, 1.165) is 17.5 Å². The fourth-order valence-corrected chi connectivity index (χ4v) is 2.00. The summed E-state index contributed by atoms with van der Waals surface area (Å²) in [7, 11) is 1.57. The highest BCUT2D eigenvalue weighted by Gasteiger charge is 2.06. The molecule has 0 unspecified atom stereocenters. The zero-order valence-electron chi connectivity index (χ0n) is 8.64. The third kappa shape index (κ3) is 1.90. The number of nitrogens with two attached hydrogens (primary N) is 1. The molecule has 0 amide bonds. The van der Waals surface area contributed by atoms with E-state index in [0.29, 0.717) is 16.4 Å². The summed E-state index contributed by atoms with van der Waals surface area (Å²) in [6, 6.07) is 5.42. The van der Waals surface area contributed by atoms with Crippen molar-refractivity contribution in [3.63, 3.8) is 0 Å². The minimum absolute atomic E-state index is 0.462. The maximum atomic E-state index is 10.5. The molecule has 2 rings (SSSR count). The van der Waals surface area contributed by atoms with Crippen LogP contribution in [0.5, 0.6) is 5.75 Å². The van der Waals surface area contributed by atoms with Crippen LogP contribution in [0, 0.1) is 0 Å². The second-order valence-electron chi connectivity index (χ2n) is 3.15. The molecule has 0 radical (unpaired) electrons. The van der Waals surface area contributed by atoms with Gasteiger partial charge in [-0.1, -0.05) is 0 Å². The molecule has 0 aliphatic rings. The lowest BCUT2D eigenvalue weighted by molar-refractivity contribution is 0.112. The van der Waals surface area contributed by atoms with Gasteiger partial charge in [-0.05, 0) is 18.2 Å². The lowest BCUT2D eigenvalue weighted by atomic mass is 10.1. The molecule has 0 spiro atoms. The van der Waals surface area contributed by atoms with Crippen LogP contribution < -0.4 is 10.5 Å². The molecular weight excluding hydrogens is 224 g/mol. The summed E-state index contributed by atoms with van der Waals surface area (Å²) in [4.78, 5) is 14.7. The van der Waals surface area contributed by atoms with Crippen LogP contribution in [0.1, 0.15) is 9.80 Å². The van der Waals surface area contributed by atoms with Crippen molar-refractivity contribution in [2.45, 2.75) is 0 Å². The van der Waals surface area contributed by atoms with Crippen LogP contribution in [-0.2, 0) is 0 Å². The minimum atomic E-state index is 0.462. The van der Waals surface area contributed by atoms with Crippen molar-refractivity contribution < 1.29 is 9.53 Å². The molecule has 0 atom stereocenters. The molecule has 1 aromatic carbocycles. The van der Waals surface area contributed by atoms with E-state index in [9.17, 15) is 4.79 Å². The first kappa shape index (κ1) is 10.6. The molecule has 4 nitrogen and oxygen atoms in total. The number of hydrogen-bond acceptors (Lipinski definition) is 5. The third-order valence-corrected chi connectivity index (χ3v) is 2.92. The van der Waals surface area contributed by atoms with Crippen molar-refractivity contribution in [1.82, 2.24) is 4.98 Å². The summed E-state index contributed by atoms with van der Waals surface area (Å²) >= 11 is 1.31. The van der Waals surface area contributed by atoms with Crippen LogP contribution in [0.25, 0.3) is 11.3 Å². The van der Waals surface area contributed by atoms with Crippen molar-refractivity contribution in [1.29, 1.82) is 0 Å². The van der Waals surface area contributed by atoms with Gasteiger partial charge in [-0.3, -0.25) is 4.79 Å². The Labute approximate surface area is 96.7 Å². The van der Waals surface area contributed by atoms with E-state index in [4.69, 9.17) is 10.5 Å². The van der Waals surface area contributed by atoms with Crippen LogP contribution in [-0.4, -0.2) is 18.4 Å². The monoisotopic (exact) mass is 234 g/mol. The first-order valence-electron chi connectivity index (χ1n) is 4.59. The normalized spacial score (nSPS) is 10.1. The van der Waals surface area contributed by atoms with Gasteiger partial charge in [0.2, 0.25) is 0 Å². The van der Waals surface area contributed by atoms with Crippen LogP contribution >= 0.6 is 11.3 Å². The Kier molecular flexibility index (Phi) is 2.87. The number of nitrogens with zero attached hydrogens (tertiary/aromatic N) is 1. The van der Waals surface area contributed by atoms with Crippen LogP contribution in [0.4, 0.5) is 5.69 Å². The quantitative estimate of drug-likeness (QED) is 0.653. The molecule has 0 saturated carbocycles. The van der Waals surface area contributed by atoms with Crippen LogP contribution in [0.15, 0.2) is 23.6 Å². The third-order valence-electron chi connectivity index (χ3n) is 2.15. The molecule has 5 heteroatoms. The number of rotatable bonds is 3. The first-order chi connectivity index (χ1) is 7.74. The Morgan fingerprint density at radius 2 is 2.31 bits per heavy atom. The van der Waals surface area contributed by atoms with Gasteiger partial charge < -0.3 is 10.5 Å². The van der Waals surface area contributed by atoms with E-state index in [2.05, 4.69) is 4.98 Å². The molecule has 16 heavy (non-hydrogen) atoms. The molecule has 0 fully saturated rings. The first-order valence-corrected chi connectivity index (χ1v) is 5.47. The second kappa shape index (κ2) is 4.32. The Balaban J connectivity index is 2.40. The second-order valence-corrected chi connectivity index (χ2v) is 4.04. The van der Waals surface area contributed by atoms with Crippen molar-refractivity contribution in [3.05, 3.63) is 28.6 Å². The van der Waals surface area contributed by atoms with Crippen LogP contribution in [0.3, 0.4) is 0 Å². The Hall–Kier alpha value is -1.88. The highest BCUT2D eigenvalue weighted by molar-refractivity contribution is 7.11. The molecule has 0 bridgehead atoms. The van der Waals surface area contributed by atoms with Gasteiger partial charge in [0.05, 0.1) is 18.5 Å². The molecule has 0 aliphatic carbocycles. The van der Waals surface area contributed by atoms with Gasteiger partial charge in [0.1, 0.15) is 5.75 Å². The maximum absolute atomic E-state index is 10.5. The highest BCUT2D eigenvalue weighted by atomic mass is 32.1. The number of methoxy groups -OCH3 is 1. The number of anilines is 1. The van der Waals surface area contributed by atoms with Crippen LogP contribution in [0.2, 0.25) is 0 Å². The lowest BCUT2D eigenvalue weighted by Crippen LogP contribution is -1.92. The molecular formula is C11H10N2O2S. The zero-order valence-corrected chi connectivity index (χ0v) is 9.45. The largest absolute Gasteiger partial charge is 0.495 e. The highest BCUT2D eigenvalue weighted by Crippen LogP contribution is 2.28. The smallest absolute Gasteiger partial charge is 0.178 e. The molecule has 0 aliphatic heterocycles. The van der Waals surface area contributed by atoms with Gasteiger partial charge >= 0.3 is 0 Å². The van der Waals surface area contributed by atoms with Crippen molar-refractivity contribution in [2.75, 3.05) is 12.8 Å². The fraction of sp³-hybridized carbons (Fsp3) is 0.0909. The average molecular weight is 234 g/mol. The fourth-order valence-electron chi connectivity index (χ4n) is 1.37. The van der Waals surface area contributed by atoms with E-state index in [1.807, 2.05) is 11.4 Å². The Bertz CT molecular complexity index is 522. The molecule has 2 aromatic rings. The number of carbonyl (C=O) groups excluding carboxylic acids is 1. The number of nitrogen functional groups attached to an aromatic ring is 1. The number of thiazole rings is 1. The summed E-state index contributed by atoms with van der Waals surface area (Å²) in [6.07, 6.45) is 0.737. The Morgan fingerprint density at radius 1 is 1.50 bits per heavy atom. The van der Waals surface area contributed by atoms with Gasteiger partial charge in [0.25, 0.3) is 0 Å². The predicted molar refractivity (Wildman–Crippen MR) is 63.9 cm³/mol. The minimum Gasteiger partial charge on any atom is -0.495 e. The van der Waals surface area contributed by atoms with Gasteiger partial charge in [-0.25, -0.2) is 4.98 Å². The van der Waals surface area contributed by atoms with Gasteiger partial charge in [-0.2, -0.15) is 0 Å². The average Bonchev–Trinajstić information content (AvgIpc) is 2.77. The zero-order chi connectivity index (χ0) is 11.5. The van der Waals surface area contributed by atoms with Gasteiger partial charge in [0.15, 0.2) is 11.3 Å². The molecule has 2 N–H and O–H groups in total. The lowest BCUT2D eigenvalue weighted by Gasteiger charge is -2.05. The number of benzene rings is 1. The van der Waals surface area contributed by atoms with Gasteiger partial charge in [0, 0.05) is 10.9 Å². The number of aromatic nitrogens is 1. The molecule has 1 heterocycles. The topological polar surface area (TPSA) is 65.2 Å². The number of ether oxygens (including phenoxy) is 1. The van der Waals surface area contributed by atoms with Crippen molar-refractivity contribution in [2.24, 2.45) is 0 Å². The number of aldehydes is 1. The van der Waals surface area contributed by atoms with Crippen molar-refractivity contribution >= 4 is 23.3 Å². The molecule has 82 valence electrons. The number of carbonyl (C=O) groups is 1.